The molecule has 0 aliphatic heterocycles. The van der Waals surface area contributed by atoms with E-state index < -0.39 is 0 Å². The molecule has 0 aliphatic rings. The lowest BCUT2D eigenvalue weighted by atomic mass is 10.2. The lowest BCUT2D eigenvalue weighted by Gasteiger charge is -2.13. The molecule has 1 aromatic heterocycles. The van der Waals surface area contributed by atoms with E-state index in [1.54, 1.807) is 26.4 Å². The minimum absolute atomic E-state index is 0.351. The SMILES string of the molecule is COc1cc(OC)c(NCc2cnn(C(C)C)c2)cc1Cl. The van der Waals surface area contributed by atoms with Gasteiger partial charge in [0.15, 0.2) is 0 Å². The molecule has 1 heterocycles. The summed E-state index contributed by atoms with van der Waals surface area (Å²) in [6.07, 6.45) is 3.87. The molecule has 114 valence electrons. The predicted octanol–water partition coefficient (Wildman–Crippen LogP) is 3.75. The third kappa shape index (κ3) is 3.61. The molecule has 21 heavy (non-hydrogen) atoms. The number of rotatable bonds is 6. The molecular weight excluding hydrogens is 290 g/mol. The van der Waals surface area contributed by atoms with Crippen LogP contribution in [0.15, 0.2) is 24.5 Å². The first-order valence-electron chi connectivity index (χ1n) is 6.73. The third-order valence-corrected chi connectivity index (χ3v) is 3.44. The van der Waals surface area contributed by atoms with Gasteiger partial charge in [0, 0.05) is 30.4 Å². The lowest BCUT2D eigenvalue weighted by Crippen LogP contribution is -2.02. The van der Waals surface area contributed by atoms with Gasteiger partial charge in [-0.15, -0.1) is 0 Å². The van der Waals surface area contributed by atoms with Gasteiger partial charge in [0.2, 0.25) is 0 Å². The topological polar surface area (TPSA) is 48.3 Å². The first-order valence-corrected chi connectivity index (χ1v) is 7.11. The molecule has 0 spiro atoms. The maximum atomic E-state index is 6.15. The van der Waals surface area contributed by atoms with Crippen molar-refractivity contribution in [2.24, 2.45) is 0 Å². The lowest BCUT2D eigenvalue weighted by molar-refractivity contribution is 0.395. The van der Waals surface area contributed by atoms with Crippen molar-refractivity contribution in [3.05, 3.63) is 35.1 Å². The zero-order chi connectivity index (χ0) is 15.4. The average molecular weight is 310 g/mol. The Hall–Kier alpha value is -1.88. The first kappa shape index (κ1) is 15.5. The van der Waals surface area contributed by atoms with Gasteiger partial charge in [0.25, 0.3) is 0 Å². The van der Waals surface area contributed by atoms with Crippen LogP contribution >= 0.6 is 11.6 Å². The highest BCUT2D eigenvalue weighted by atomic mass is 35.5. The van der Waals surface area contributed by atoms with E-state index in [1.807, 2.05) is 17.1 Å². The van der Waals surface area contributed by atoms with E-state index in [0.29, 0.717) is 29.1 Å². The molecule has 0 unspecified atom stereocenters. The van der Waals surface area contributed by atoms with Crippen molar-refractivity contribution in [1.29, 1.82) is 0 Å². The fourth-order valence-corrected chi connectivity index (χ4v) is 2.19. The molecule has 2 rings (SSSR count). The van der Waals surface area contributed by atoms with Crippen molar-refractivity contribution in [3.63, 3.8) is 0 Å². The molecule has 5 nitrogen and oxygen atoms in total. The second-order valence-corrected chi connectivity index (χ2v) is 5.37. The number of ether oxygens (including phenoxy) is 2. The van der Waals surface area contributed by atoms with E-state index in [4.69, 9.17) is 21.1 Å². The van der Waals surface area contributed by atoms with E-state index in [9.17, 15) is 0 Å². The minimum Gasteiger partial charge on any atom is -0.495 e. The van der Waals surface area contributed by atoms with Crippen LogP contribution in [0.4, 0.5) is 5.69 Å². The molecule has 0 amide bonds. The number of nitrogens with one attached hydrogen (secondary N) is 1. The van der Waals surface area contributed by atoms with E-state index >= 15 is 0 Å². The molecule has 6 heteroatoms. The summed E-state index contributed by atoms with van der Waals surface area (Å²) in [7, 11) is 3.19. The highest BCUT2D eigenvalue weighted by molar-refractivity contribution is 6.32. The Labute approximate surface area is 129 Å². The van der Waals surface area contributed by atoms with Gasteiger partial charge in [-0.1, -0.05) is 11.6 Å². The molecule has 0 saturated carbocycles. The van der Waals surface area contributed by atoms with Crippen LogP contribution in [0, 0.1) is 0 Å². The van der Waals surface area contributed by atoms with E-state index in [0.717, 1.165) is 11.3 Å². The molecule has 0 radical (unpaired) electrons. The van der Waals surface area contributed by atoms with Crippen LogP contribution in [0.1, 0.15) is 25.5 Å². The second kappa shape index (κ2) is 6.72. The molecule has 0 fully saturated rings. The predicted molar refractivity (Wildman–Crippen MR) is 84.5 cm³/mol. The Morgan fingerprint density at radius 2 is 1.95 bits per heavy atom. The normalized spacial score (nSPS) is 10.8. The molecule has 2 aromatic rings. The van der Waals surface area contributed by atoms with Crippen LogP contribution in [0.5, 0.6) is 11.5 Å². The van der Waals surface area contributed by atoms with Crippen molar-refractivity contribution < 1.29 is 9.47 Å². The maximum Gasteiger partial charge on any atom is 0.145 e. The van der Waals surface area contributed by atoms with Gasteiger partial charge in [-0.05, 0) is 19.9 Å². The van der Waals surface area contributed by atoms with E-state index in [1.165, 1.54) is 0 Å². The number of benzene rings is 1. The van der Waals surface area contributed by atoms with Crippen molar-refractivity contribution in [2.45, 2.75) is 26.4 Å². The number of halogens is 1. The Morgan fingerprint density at radius 1 is 1.24 bits per heavy atom. The highest BCUT2D eigenvalue weighted by Gasteiger charge is 2.10. The Bertz CT molecular complexity index is 611. The first-order chi connectivity index (χ1) is 10.0. The standard InChI is InChI=1S/C15H20ClN3O2/c1-10(2)19-9-11(8-18-19)7-17-13-5-12(16)14(20-3)6-15(13)21-4/h5-6,8-10,17H,7H2,1-4H3. The Kier molecular flexibility index (Phi) is 4.96. The number of aromatic nitrogens is 2. The molecule has 0 saturated heterocycles. The average Bonchev–Trinajstić information content (AvgIpc) is 2.94. The Morgan fingerprint density at radius 3 is 2.52 bits per heavy atom. The number of nitrogens with zero attached hydrogens (tertiary/aromatic N) is 2. The Balaban J connectivity index is 2.13. The van der Waals surface area contributed by atoms with Gasteiger partial charge in [0.1, 0.15) is 11.5 Å². The minimum atomic E-state index is 0.351. The van der Waals surface area contributed by atoms with Crippen molar-refractivity contribution in [1.82, 2.24) is 9.78 Å². The van der Waals surface area contributed by atoms with Gasteiger partial charge >= 0.3 is 0 Å². The van der Waals surface area contributed by atoms with Crippen molar-refractivity contribution in [2.75, 3.05) is 19.5 Å². The monoisotopic (exact) mass is 309 g/mol. The van der Waals surface area contributed by atoms with Crippen LogP contribution in [0.3, 0.4) is 0 Å². The summed E-state index contributed by atoms with van der Waals surface area (Å²) in [6.45, 7) is 4.83. The van der Waals surface area contributed by atoms with E-state index in [2.05, 4.69) is 24.3 Å². The number of hydrogen-bond donors (Lipinski definition) is 1. The van der Waals surface area contributed by atoms with Gasteiger partial charge < -0.3 is 14.8 Å². The van der Waals surface area contributed by atoms with Crippen LogP contribution < -0.4 is 14.8 Å². The smallest absolute Gasteiger partial charge is 0.145 e. The summed E-state index contributed by atoms with van der Waals surface area (Å²) in [5.41, 5.74) is 1.92. The van der Waals surface area contributed by atoms with Gasteiger partial charge in [-0.2, -0.15) is 5.10 Å². The van der Waals surface area contributed by atoms with Gasteiger partial charge in [-0.3, -0.25) is 4.68 Å². The summed E-state index contributed by atoms with van der Waals surface area (Å²) >= 11 is 6.15. The van der Waals surface area contributed by atoms with Gasteiger partial charge in [0.05, 0.1) is 31.1 Å². The summed E-state index contributed by atoms with van der Waals surface area (Å²) in [4.78, 5) is 0. The molecule has 1 aromatic carbocycles. The fraction of sp³-hybridized carbons (Fsp3) is 0.400. The van der Waals surface area contributed by atoms with E-state index in [-0.39, 0.29) is 0 Å². The summed E-state index contributed by atoms with van der Waals surface area (Å²) in [5, 5.41) is 8.16. The second-order valence-electron chi connectivity index (χ2n) is 4.96. The number of methoxy groups -OCH3 is 2. The number of hydrogen-bond acceptors (Lipinski definition) is 4. The molecule has 0 atom stereocenters. The van der Waals surface area contributed by atoms with Crippen LogP contribution in [-0.4, -0.2) is 24.0 Å². The number of anilines is 1. The highest BCUT2D eigenvalue weighted by Crippen LogP contribution is 2.36. The maximum absolute atomic E-state index is 6.15. The van der Waals surface area contributed by atoms with Gasteiger partial charge in [-0.25, -0.2) is 0 Å². The van der Waals surface area contributed by atoms with Crippen LogP contribution in [0.2, 0.25) is 5.02 Å². The van der Waals surface area contributed by atoms with Crippen LogP contribution in [0.25, 0.3) is 0 Å². The summed E-state index contributed by atoms with van der Waals surface area (Å²) in [5.74, 6) is 1.28. The van der Waals surface area contributed by atoms with Crippen LogP contribution in [-0.2, 0) is 6.54 Å². The molecular formula is C15H20ClN3O2. The van der Waals surface area contributed by atoms with Crippen molar-refractivity contribution >= 4 is 17.3 Å². The molecule has 1 N–H and O–H groups in total. The zero-order valence-electron chi connectivity index (χ0n) is 12.7. The molecule has 0 aliphatic carbocycles. The zero-order valence-corrected chi connectivity index (χ0v) is 13.4. The summed E-state index contributed by atoms with van der Waals surface area (Å²) < 4.78 is 12.5. The van der Waals surface area contributed by atoms with Crippen molar-refractivity contribution in [3.8, 4) is 11.5 Å². The quantitative estimate of drug-likeness (QED) is 0.883. The third-order valence-electron chi connectivity index (χ3n) is 3.14. The summed E-state index contributed by atoms with van der Waals surface area (Å²) in [6, 6.07) is 3.91. The molecule has 0 bridgehead atoms. The largest absolute Gasteiger partial charge is 0.495 e. The fourth-order valence-electron chi connectivity index (χ4n) is 1.95.